The highest BCUT2D eigenvalue weighted by molar-refractivity contribution is 7.12. The normalized spacial score (nSPS) is 9.88. The van der Waals surface area contributed by atoms with Crippen molar-refractivity contribution in [1.82, 2.24) is 4.90 Å². The van der Waals surface area contributed by atoms with E-state index in [4.69, 9.17) is 0 Å². The van der Waals surface area contributed by atoms with Gasteiger partial charge in [0.15, 0.2) is 0 Å². The van der Waals surface area contributed by atoms with Gasteiger partial charge in [0.05, 0.1) is 5.56 Å². The van der Waals surface area contributed by atoms with Crippen molar-refractivity contribution in [3.05, 3.63) is 46.7 Å². The molecule has 0 aliphatic carbocycles. The van der Waals surface area contributed by atoms with Gasteiger partial charge in [-0.1, -0.05) is 12.2 Å². The molecule has 1 heterocycles. The van der Waals surface area contributed by atoms with E-state index in [9.17, 15) is 4.79 Å². The second-order valence-corrected chi connectivity index (χ2v) is 5.07. The topological polar surface area (TPSA) is 20.3 Å². The molecule has 0 atom stereocenters. The van der Waals surface area contributed by atoms with Crippen molar-refractivity contribution < 1.29 is 4.79 Å². The van der Waals surface area contributed by atoms with Gasteiger partial charge >= 0.3 is 0 Å². The van der Waals surface area contributed by atoms with Crippen LogP contribution < -0.4 is 0 Å². The third-order valence-corrected chi connectivity index (χ3v) is 3.22. The maximum Gasteiger partial charge on any atom is 0.255 e. The number of nitrogens with zero attached hydrogens (tertiary/aromatic N) is 1. The van der Waals surface area contributed by atoms with E-state index in [-0.39, 0.29) is 5.91 Å². The third-order valence-electron chi connectivity index (χ3n) is 2.26. The smallest absolute Gasteiger partial charge is 0.255 e. The van der Waals surface area contributed by atoms with E-state index in [0.717, 1.165) is 15.3 Å². The Bertz CT molecular complexity index is 396. The number of amides is 1. The van der Waals surface area contributed by atoms with E-state index in [1.165, 1.54) is 0 Å². The Morgan fingerprint density at radius 2 is 1.94 bits per heavy atom. The van der Waals surface area contributed by atoms with Crippen LogP contribution in [0.25, 0.3) is 0 Å². The van der Waals surface area contributed by atoms with E-state index < -0.39 is 0 Å². The molecule has 3 heteroatoms. The molecule has 2 nitrogen and oxygen atoms in total. The lowest BCUT2D eigenvalue weighted by Gasteiger charge is -2.18. The fourth-order valence-electron chi connectivity index (χ4n) is 1.57. The molecular weight excluding hydrogens is 218 g/mol. The van der Waals surface area contributed by atoms with E-state index in [0.29, 0.717) is 13.1 Å². The van der Waals surface area contributed by atoms with Crippen molar-refractivity contribution in [2.24, 2.45) is 0 Å². The number of hydrogen-bond acceptors (Lipinski definition) is 2. The van der Waals surface area contributed by atoms with Crippen LogP contribution in [0.2, 0.25) is 0 Å². The maximum absolute atomic E-state index is 12.2. The summed E-state index contributed by atoms with van der Waals surface area (Å²) in [7, 11) is 0. The van der Waals surface area contributed by atoms with Gasteiger partial charge in [0.25, 0.3) is 5.91 Å². The van der Waals surface area contributed by atoms with Crippen LogP contribution in [0.4, 0.5) is 0 Å². The van der Waals surface area contributed by atoms with Gasteiger partial charge in [-0.15, -0.1) is 24.5 Å². The van der Waals surface area contributed by atoms with Gasteiger partial charge in [0.2, 0.25) is 0 Å². The molecule has 0 radical (unpaired) electrons. The molecule has 1 aromatic heterocycles. The second-order valence-electron chi connectivity index (χ2n) is 3.61. The number of aryl methyl sites for hydroxylation is 2. The highest BCUT2D eigenvalue weighted by Gasteiger charge is 2.17. The van der Waals surface area contributed by atoms with Gasteiger partial charge in [0, 0.05) is 22.8 Å². The van der Waals surface area contributed by atoms with Crippen LogP contribution in [0.3, 0.4) is 0 Å². The van der Waals surface area contributed by atoms with Crippen LogP contribution >= 0.6 is 11.3 Å². The van der Waals surface area contributed by atoms with Gasteiger partial charge < -0.3 is 4.90 Å². The summed E-state index contributed by atoms with van der Waals surface area (Å²) in [5.74, 6) is 0.0571. The van der Waals surface area contributed by atoms with Crippen LogP contribution in [0.15, 0.2) is 31.4 Å². The van der Waals surface area contributed by atoms with E-state index in [1.54, 1.807) is 28.4 Å². The van der Waals surface area contributed by atoms with Crippen molar-refractivity contribution in [3.8, 4) is 0 Å². The molecule has 0 N–H and O–H groups in total. The molecule has 1 rings (SSSR count). The molecule has 0 aliphatic heterocycles. The minimum Gasteiger partial charge on any atom is -0.331 e. The van der Waals surface area contributed by atoms with Crippen LogP contribution in [-0.4, -0.2) is 23.9 Å². The Hall–Kier alpha value is -1.35. The van der Waals surface area contributed by atoms with Crippen LogP contribution in [0.1, 0.15) is 20.1 Å². The zero-order valence-corrected chi connectivity index (χ0v) is 10.6. The number of rotatable bonds is 5. The molecule has 0 saturated heterocycles. The number of thiophene rings is 1. The van der Waals surface area contributed by atoms with Crippen LogP contribution in [0.5, 0.6) is 0 Å². The van der Waals surface area contributed by atoms with Gasteiger partial charge in [-0.2, -0.15) is 0 Å². The van der Waals surface area contributed by atoms with Gasteiger partial charge in [-0.3, -0.25) is 4.79 Å². The molecule has 0 aromatic carbocycles. The van der Waals surface area contributed by atoms with Gasteiger partial charge in [-0.25, -0.2) is 0 Å². The monoisotopic (exact) mass is 235 g/mol. The van der Waals surface area contributed by atoms with E-state index in [2.05, 4.69) is 13.2 Å². The minimum atomic E-state index is 0.0571. The second kappa shape index (κ2) is 5.66. The molecule has 0 saturated carbocycles. The lowest BCUT2D eigenvalue weighted by Crippen LogP contribution is -2.31. The largest absolute Gasteiger partial charge is 0.331 e. The summed E-state index contributed by atoms with van der Waals surface area (Å²) < 4.78 is 0. The van der Waals surface area contributed by atoms with Crippen molar-refractivity contribution in [2.45, 2.75) is 13.8 Å². The summed E-state index contributed by atoms with van der Waals surface area (Å²) in [6.45, 7) is 12.4. The number of carbonyl (C=O) groups excluding carboxylic acids is 1. The van der Waals surface area contributed by atoms with Crippen molar-refractivity contribution in [2.75, 3.05) is 13.1 Å². The fraction of sp³-hybridized carbons (Fsp3) is 0.308. The Labute approximate surface area is 101 Å². The van der Waals surface area contributed by atoms with Crippen molar-refractivity contribution in [1.29, 1.82) is 0 Å². The standard InChI is InChI=1S/C13H17NOS/c1-5-7-14(8-6-2)13(15)12-9-10(3)16-11(12)4/h5-6,9H,1-2,7-8H2,3-4H3. The first-order valence-corrected chi connectivity index (χ1v) is 6.00. The lowest BCUT2D eigenvalue weighted by molar-refractivity contribution is 0.0790. The molecule has 1 aromatic rings. The summed E-state index contributed by atoms with van der Waals surface area (Å²) in [5.41, 5.74) is 0.797. The predicted molar refractivity (Wildman–Crippen MR) is 70.1 cm³/mol. The summed E-state index contributed by atoms with van der Waals surface area (Å²) in [6, 6.07) is 1.95. The molecule has 86 valence electrons. The molecule has 0 unspecified atom stereocenters. The van der Waals surface area contributed by atoms with Crippen molar-refractivity contribution >= 4 is 17.2 Å². The van der Waals surface area contributed by atoms with Gasteiger partial charge in [0.1, 0.15) is 0 Å². The first-order valence-electron chi connectivity index (χ1n) is 5.18. The SMILES string of the molecule is C=CCN(CC=C)C(=O)c1cc(C)sc1C. The third kappa shape index (κ3) is 2.83. The number of hydrogen-bond donors (Lipinski definition) is 0. The molecular formula is C13H17NOS. The summed E-state index contributed by atoms with van der Waals surface area (Å²) in [4.78, 5) is 16.2. The van der Waals surface area contributed by atoms with E-state index >= 15 is 0 Å². The zero-order chi connectivity index (χ0) is 12.1. The van der Waals surface area contributed by atoms with Crippen LogP contribution in [-0.2, 0) is 0 Å². The van der Waals surface area contributed by atoms with Crippen molar-refractivity contribution in [3.63, 3.8) is 0 Å². The average molecular weight is 235 g/mol. The highest BCUT2D eigenvalue weighted by Crippen LogP contribution is 2.22. The highest BCUT2D eigenvalue weighted by atomic mass is 32.1. The summed E-state index contributed by atoms with van der Waals surface area (Å²) in [5, 5.41) is 0. The van der Waals surface area contributed by atoms with Gasteiger partial charge in [-0.05, 0) is 19.9 Å². The maximum atomic E-state index is 12.2. The Kier molecular flexibility index (Phi) is 4.50. The van der Waals surface area contributed by atoms with Crippen LogP contribution in [0, 0.1) is 13.8 Å². The molecule has 16 heavy (non-hydrogen) atoms. The first-order chi connectivity index (χ1) is 7.60. The minimum absolute atomic E-state index is 0.0571. The first kappa shape index (κ1) is 12.7. The predicted octanol–water partition coefficient (Wildman–Crippen LogP) is 3.18. The Morgan fingerprint density at radius 1 is 1.38 bits per heavy atom. The summed E-state index contributed by atoms with van der Waals surface area (Å²) >= 11 is 1.65. The lowest BCUT2D eigenvalue weighted by atomic mass is 10.2. The molecule has 0 aliphatic rings. The Balaban J connectivity index is 2.93. The molecule has 0 spiro atoms. The fourth-order valence-corrected chi connectivity index (χ4v) is 2.48. The quantitative estimate of drug-likeness (QED) is 0.718. The average Bonchev–Trinajstić information content (AvgIpc) is 2.56. The molecule has 0 bridgehead atoms. The molecule has 0 fully saturated rings. The zero-order valence-electron chi connectivity index (χ0n) is 9.82. The summed E-state index contributed by atoms with van der Waals surface area (Å²) in [6.07, 6.45) is 3.46. The molecule has 1 amide bonds. The number of carbonyl (C=O) groups is 1. The Morgan fingerprint density at radius 3 is 2.31 bits per heavy atom. The van der Waals surface area contributed by atoms with E-state index in [1.807, 2.05) is 19.9 Å².